The van der Waals surface area contributed by atoms with Crippen LogP contribution in [-0.2, 0) is 16.0 Å². The quantitative estimate of drug-likeness (QED) is 0.739. The fourth-order valence-electron chi connectivity index (χ4n) is 3.03. The van der Waals surface area contributed by atoms with Gasteiger partial charge in [0.25, 0.3) is 0 Å². The number of nitrogens with one attached hydrogen (secondary N) is 2. The highest BCUT2D eigenvalue weighted by molar-refractivity contribution is 5.85. The smallest absolute Gasteiger partial charge is 0.242 e. The number of aryl methyl sites for hydroxylation is 2. The molecule has 1 atom stereocenters. The van der Waals surface area contributed by atoms with Crippen molar-refractivity contribution < 1.29 is 9.59 Å². The maximum atomic E-state index is 12.4. The van der Waals surface area contributed by atoms with Gasteiger partial charge in [-0.2, -0.15) is 0 Å². The van der Waals surface area contributed by atoms with Crippen molar-refractivity contribution in [1.82, 2.24) is 15.5 Å². The van der Waals surface area contributed by atoms with E-state index in [1.54, 1.807) is 0 Å². The molecular weight excluding hydrogens is 338 g/mol. The summed E-state index contributed by atoms with van der Waals surface area (Å²) in [6, 6.07) is 8.46. The van der Waals surface area contributed by atoms with Gasteiger partial charge in [-0.15, -0.1) is 12.4 Å². The van der Waals surface area contributed by atoms with Gasteiger partial charge in [0.15, 0.2) is 0 Å². The van der Waals surface area contributed by atoms with Crippen molar-refractivity contribution in [3.8, 4) is 0 Å². The normalized spacial score (nSPS) is 16.2. The Bertz CT molecular complexity index is 542. The van der Waals surface area contributed by atoms with Gasteiger partial charge in [0, 0.05) is 25.6 Å². The molecule has 0 bridgehead atoms. The third-order valence-corrected chi connectivity index (χ3v) is 4.46. The Labute approximate surface area is 157 Å². The van der Waals surface area contributed by atoms with Crippen LogP contribution in [-0.4, -0.2) is 48.9 Å². The molecule has 2 rings (SSSR count). The Morgan fingerprint density at radius 3 is 2.60 bits per heavy atom. The minimum absolute atomic E-state index is 0. The highest BCUT2D eigenvalue weighted by atomic mass is 35.5. The van der Waals surface area contributed by atoms with Crippen LogP contribution in [0.2, 0.25) is 0 Å². The molecule has 1 aliphatic heterocycles. The van der Waals surface area contributed by atoms with Gasteiger partial charge in [-0.3, -0.25) is 9.59 Å². The Morgan fingerprint density at radius 2 is 2.00 bits per heavy atom. The summed E-state index contributed by atoms with van der Waals surface area (Å²) in [5.74, 6) is -0.0424. The van der Waals surface area contributed by atoms with Crippen molar-refractivity contribution in [2.75, 3.05) is 26.2 Å². The largest absolute Gasteiger partial charge is 0.347 e. The monoisotopic (exact) mass is 367 g/mol. The Kier molecular flexibility index (Phi) is 9.53. The van der Waals surface area contributed by atoms with Crippen LogP contribution in [0.1, 0.15) is 37.3 Å². The first-order chi connectivity index (χ1) is 11.6. The molecule has 1 fully saturated rings. The van der Waals surface area contributed by atoms with E-state index in [1.165, 1.54) is 5.56 Å². The first kappa shape index (κ1) is 21.5. The van der Waals surface area contributed by atoms with Crippen LogP contribution < -0.4 is 10.6 Å². The molecule has 25 heavy (non-hydrogen) atoms. The summed E-state index contributed by atoms with van der Waals surface area (Å²) in [6.45, 7) is 6.79. The number of nitrogens with zero attached hydrogens (tertiary/aromatic N) is 1. The predicted molar refractivity (Wildman–Crippen MR) is 103 cm³/mol. The average molecular weight is 368 g/mol. The lowest BCUT2D eigenvalue weighted by Gasteiger charge is -2.28. The molecular formula is C19H30ClN3O2. The van der Waals surface area contributed by atoms with Crippen molar-refractivity contribution in [2.24, 2.45) is 0 Å². The summed E-state index contributed by atoms with van der Waals surface area (Å²) >= 11 is 0. The molecule has 0 spiro atoms. The number of carbonyl (C=O) groups excluding carboxylic acids is 2. The van der Waals surface area contributed by atoms with Crippen LogP contribution in [0.25, 0.3) is 0 Å². The molecule has 1 aliphatic rings. The zero-order valence-corrected chi connectivity index (χ0v) is 16.0. The lowest BCUT2D eigenvalue weighted by atomic mass is 10.1. The van der Waals surface area contributed by atoms with E-state index < -0.39 is 0 Å². The number of hydrogen-bond donors (Lipinski definition) is 2. The molecule has 1 heterocycles. The minimum atomic E-state index is -0.0649. The van der Waals surface area contributed by atoms with Gasteiger partial charge in [-0.05, 0) is 38.3 Å². The van der Waals surface area contributed by atoms with E-state index in [4.69, 9.17) is 0 Å². The number of benzene rings is 1. The predicted octanol–water partition coefficient (Wildman–Crippen LogP) is 2.07. The first-order valence-corrected chi connectivity index (χ1v) is 8.92. The zero-order chi connectivity index (χ0) is 17.4. The molecule has 0 radical (unpaired) electrons. The van der Waals surface area contributed by atoms with Gasteiger partial charge >= 0.3 is 0 Å². The van der Waals surface area contributed by atoms with E-state index in [2.05, 4.69) is 29.7 Å². The van der Waals surface area contributed by atoms with Crippen molar-refractivity contribution in [3.05, 3.63) is 35.4 Å². The lowest BCUT2D eigenvalue weighted by molar-refractivity contribution is -0.134. The number of amides is 2. The van der Waals surface area contributed by atoms with Gasteiger partial charge in [0.2, 0.25) is 11.8 Å². The van der Waals surface area contributed by atoms with Crippen LogP contribution in [0.4, 0.5) is 0 Å². The van der Waals surface area contributed by atoms with E-state index in [-0.39, 0.29) is 36.8 Å². The number of halogens is 1. The summed E-state index contributed by atoms with van der Waals surface area (Å²) in [7, 11) is 0. The highest BCUT2D eigenvalue weighted by Gasteiger charge is 2.25. The first-order valence-electron chi connectivity index (χ1n) is 8.92. The van der Waals surface area contributed by atoms with Crippen LogP contribution in [0.15, 0.2) is 24.3 Å². The Morgan fingerprint density at radius 1 is 1.28 bits per heavy atom. The maximum absolute atomic E-state index is 12.4. The fraction of sp³-hybridized carbons (Fsp3) is 0.579. The number of hydrogen-bond acceptors (Lipinski definition) is 3. The highest BCUT2D eigenvalue weighted by Crippen LogP contribution is 2.09. The molecule has 1 saturated heterocycles. The minimum Gasteiger partial charge on any atom is -0.347 e. The molecule has 0 aliphatic carbocycles. The average Bonchev–Trinajstić information content (AvgIpc) is 3.11. The fourth-order valence-corrected chi connectivity index (χ4v) is 3.03. The van der Waals surface area contributed by atoms with E-state index in [9.17, 15) is 9.59 Å². The standard InChI is InChI=1S/C19H29N3O2.ClH/c1-3-12-22(17-10-11-20-13-17)19(24)14-21-18(23)9-8-16-6-4-15(2)5-7-16;/h4-7,17,20H,3,8-14H2,1-2H3,(H,21,23);1H. The molecule has 1 unspecified atom stereocenters. The van der Waals surface area contributed by atoms with Crippen LogP contribution in [0.5, 0.6) is 0 Å². The van der Waals surface area contributed by atoms with E-state index in [1.807, 2.05) is 24.0 Å². The van der Waals surface area contributed by atoms with E-state index in [0.29, 0.717) is 12.8 Å². The molecule has 1 aromatic rings. The second-order valence-electron chi connectivity index (χ2n) is 6.50. The Balaban J connectivity index is 0.00000312. The number of carbonyl (C=O) groups is 2. The summed E-state index contributed by atoms with van der Waals surface area (Å²) in [6.07, 6.45) is 3.04. The summed E-state index contributed by atoms with van der Waals surface area (Å²) in [5.41, 5.74) is 2.36. The zero-order valence-electron chi connectivity index (χ0n) is 15.2. The second kappa shape index (κ2) is 11.1. The molecule has 2 N–H and O–H groups in total. The summed E-state index contributed by atoms with van der Waals surface area (Å²) < 4.78 is 0. The Hall–Kier alpha value is -1.59. The second-order valence-corrected chi connectivity index (χ2v) is 6.50. The van der Waals surface area contributed by atoms with Crippen LogP contribution >= 0.6 is 12.4 Å². The van der Waals surface area contributed by atoms with Crippen molar-refractivity contribution in [2.45, 2.75) is 45.6 Å². The van der Waals surface area contributed by atoms with Crippen molar-refractivity contribution in [3.63, 3.8) is 0 Å². The van der Waals surface area contributed by atoms with Crippen molar-refractivity contribution in [1.29, 1.82) is 0 Å². The molecule has 6 heteroatoms. The molecule has 2 amide bonds. The molecule has 140 valence electrons. The molecule has 0 aromatic heterocycles. The SMILES string of the molecule is CCCN(C(=O)CNC(=O)CCc1ccc(C)cc1)C1CCNC1.Cl. The van der Waals surface area contributed by atoms with E-state index in [0.717, 1.165) is 38.0 Å². The third-order valence-electron chi connectivity index (χ3n) is 4.46. The maximum Gasteiger partial charge on any atom is 0.242 e. The molecule has 5 nitrogen and oxygen atoms in total. The van der Waals surface area contributed by atoms with Gasteiger partial charge in [-0.1, -0.05) is 36.8 Å². The van der Waals surface area contributed by atoms with Crippen molar-refractivity contribution >= 4 is 24.2 Å². The van der Waals surface area contributed by atoms with Gasteiger partial charge < -0.3 is 15.5 Å². The van der Waals surface area contributed by atoms with E-state index >= 15 is 0 Å². The molecule has 1 aromatic carbocycles. The van der Waals surface area contributed by atoms with Crippen LogP contribution in [0, 0.1) is 6.92 Å². The van der Waals surface area contributed by atoms with Gasteiger partial charge in [0.05, 0.1) is 6.54 Å². The van der Waals surface area contributed by atoms with Gasteiger partial charge in [0.1, 0.15) is 0 Å². The summed E-state index contributed by atoms with van der Waals surface area (Å²) in [5, 5.41) is 6.07. The van der Waals surface area contributed by atoms with Crippen LogP contribution in [0.3, 0.4) is 0 Å². The number of rotatable bonds is 8. The lowest BCUT2D eigenvalue weighted by Crippen LogP contribution is -2.46. The van der Waals surface area contributed by atoms with Gasteiger partial charge in [-0.25, -0.2) is 0 Å². The molecule has 0 saturated carbocycles. The third kappa shape index (κ3) is 7.04. The summed E-state index contributed by atoms with van der Waals surface area (Å²) in [4.78, 5) is 26.3. The topological polar surface area (TPSA) is 61.4 Å².